The van der Waals surface area contributed by atoms with Crippen LogP contribution in [0.5, 0.6) is 0 Å². The second-order valence-corrected chi connectivity index (χ2v) is 5.01. The zero-order chi connectivity index (χ0) is 8.93. The molecule has 1 N–H and O–H groups in total. The zero-order valence-electron chi connectivity index (χ0n) is 8.00. The number of hydrogen-bond donors (Lipinski definition) is 1. The highest BCUT2D eigenvalue weighted by Crippen LogP contribution is 2.23. The van der Waals surface area contributed by atoms with E-state index in [2.05, 4.69) is 9.62 Å². The van der Waals surface area contributed by atoms with Crippen molar-refractivity contribution < 1.29 is 4.74 Å². The van der Waals surface area contributed by atoms with Crippen molar-refractivity contribution >= 4 is 11.9 Å². The Hall–Kier alpha value is 0.230. The van der Waals surface area contributed by atoms with Crippen molar-refractivity contribution in [1.82, 2.24) is 9.62 Å². The third-order valence-corrected chi connectivity index (χ3v) is 3.88. The number of nitrogens with one attached hydrogen (secondary N) is 1. The Morgan fingerprint density at radius 2 is 2.15 bits per heavy atom. The molecule has 3 nitrogen and oxygen atoms in total. The lowest BCUT2D eigenvalue weighted by atomic mass is 10.2. The fraction of sp³-hybridized carbons (Fsp3) is 1.00. The molecule has 0 bridgehead atoms. The topological polar surface area (TPSA) is 24.5 Å². The normalized spacial score (nSPS) is 31.8. The molecule has 0 amide bonds. The molecular formula is C9H18N2OS. The third-order valence-electron chi connectivity index (χ3n) is 2.52. The second kappa shape index (κ2) is 5.20. The summed E-state index contributed by atoms with van der Waals surface area (Å²) in [4.78, 5) is 0. The lowest BCUT2D eigenvalue weighted by Crippen LogP contribution is -2.37. The van der Waals surface area contributed by atoms with E-state index in [4.69, 9.17) is 4.74 Å². The van der Waals surface area contributed by atoms with Crippen LogP contribution in [0.15, 0.2) is 0 Å². The van der Waals surface area contributed by atoms with Crippen LogP contribution in [0, 0.1) is 0 Å². The predicted octanol–water partition coefficient (Wildman–Crippen LogP) is 0.719. The van der Waals surface area contributed by atoms with Gasteiger partial charge in [-0.05, 0) is 19.4 Å². The van der Waals surface area contributed by atoms with Gasteiger partial charge in [0.25, 0.3) is 0 Å². The molecule has 0 aromatic carbocycles. The van der Waals surface area contributed by atoms with Gasteiger partial charge in [0.05, 0.1) is 13.2 Å². The quantitative estimate of drug-likeness (QED) is 0.667. The Labute approximate surface area is 84.3 Å². The third kappa shape index (κ3) is 3.13. The van der Waals surface area contributed by atoms with E-state index in [1.54, 1.807) is 0 Å². The van der Waals surface area contributed by atoms with Crippen LogP contribution in [0.3, 0.4) is 0 Å². The molecule has 0 radical (unpaired) electrons. The molecule has 0 aliphatic carbocycles. The Morgan fingerprint density at radius 1 is 1.31 bits per heavy atom. The van der Waals surface area contributed by atoms with Crippen molar-refractivity contribution in [3.63, 3.8) is 0 Å². The summed E-state index contributed by atoms with van der Waals surface area (Å²) >= 11 is 2.03. The number of piperidine rings is 1. The molecule has 2 heterocycles. The van der Waals surface area contributed by atoms with Gasteiger partial charge in [-0.1, -0.05) is 11.9 Å². The number of ether oxygens (including phenoxy) is 1. The van der Waals surface area contributed by atoms with Crippen molar-refractivity contribution in [2.45, 2.75) is 18.1 Å². The standard InChI is InChI=1S/C9H18N2OS/c1-2-9(8-10-3-1)13-11-4-6-12-7-5-11/h9-10H,1-8H2. The number of rotatable bonds is 2. The maximum atomic E-state index is 5.32. The van der Waals surface area contributed by atoms with Gasteiger partial charge < -0.3 is 10.1 Å². The zero-order valence-corrected chi connectivity index (χ0v) is 8.81. The minimum absolute atomic E-state index is 0.798. The minimum Gasteiger partial charge on any atom is -0.379 e. The maximum absolute atomic E-state index is 5.32. The van der Waals surface area contributed by atoms with E-state index in [0.717, 1.165) is 31.6 Å². The van der Waals surface area contributed by atoms with Gasteiger partial charge in [-0.3, -0.25) is 0 Å². The largest absolute Gasteiger partial charge is 0.379 e. The van der Waals surface area contributed by atoms with Crippen LogP contribution >= 0.6 is 11.9 Å². The monoisotopic (exact) mass is 202 g/mol. The summed E-state index contributed by atoms with van der Waals surface area (Å²) in [6, 6.07) is 0. The van der Waals surface area contributed by atoms with Crippen molar-refractivity contribution in [3.05, 3.63) is 0 Å². The van der Waals surface area contributed by atoms with Crippen LogP contribution in [-0.4, -0.2) is 48.9 Å². The molecule has 0 spiro atoms. The van der Waals surface area contributed by atoms with Crippen LogP contribution in [0.4, 0.5) is 0 Å². The van der Waals surface area contributed by atoms with E-state index in [-0.39, 0.29) is 0 Å². The van der Waals surface area contributed by atoms with Crippen molar-refractivity contribution in [2.75, 3.05) is 39.4 Å². The maximum Gasteiger partial charge on any atom is 0.0603 e. The van der Waals surface area contributed by atoms with Gasteiger partial charge in [-0.25, -0.2) is 4.31 Å². The number of nitrogens with zero attached hydrogens (tertiary/aromatic N) is 1. The van der Waals surface area contributed by atoms with Crippen LogP contribution in [0.25, 0.3) is 0 Å². The van der Waals surface area contributed by atoms with Gasteiger partial charge in [-0.15, -0.1) is 0 Å². The average Bonchev–Trinajstić information content (AvgIpc) is 2.21. The molecule has 2 saturated heterocycles. The van der Waals surface area contributed by atoms with E-state index >= 15 is 0 Å². The van der Waals surface area contributed by atoms with Crippen LogP contribution < -0.4 is 5.32 Å². The number of morpholine rings is 1. The summed E-state index contributed by atoms with van der Waals surface area (Å²) in [6.45, 7) is 6.41. The molecule has 1 unspecified atom stereocenters. The Bertz CT molecular complexity index is 129. The lowest BCUT2D eigenvalue weighted by Gasteiger charge is -2.31. The van der Waals surface area contributed by atoms with E-state index in [9.17, 15) is 0 Å². The molecule has 0 aromatic rings. The predicted molar refractivity (Wildman–Crippen MR) is 55.9 cm³/mol. The molecule has 2 rings (SSSR count). The minimum atomic E-state index is 0.798. The summed E-state index contributed by atoms with van der Waals surface area (Å²) < 4.78 is 7.78. The average molecular weight is 202 g/mol. The lowest BCUT2D eigenvalue weighted by molar-refractivity contribution is 0.0770. The highest BCUT2D eigenvalue weighted by atomic mass is 32.2. The van der Waals surface area contributed by atoms with Gasteiger partial charge in [0, 0.05) is 24.9 Å². The fourth-order valence-corrected chi connectivity index (χ4v) is 3.02. The van der Waals surface area contributed by atoms with Crippen molar-refractivity contribution in [3.8, 4) is 0 Å². The van der Waals surface area contributed by atoms with Gasteiger partial charge in [-0.2, -0.15) is 0 Å². The van der Waals surface area contributed by atoms with Gasteiger partial charge in [0.15, 0.2) is 0 Å². The van der Waals surface area contributed by atoms with E-state index in [1.807, 2.05) is 11.9 Å². The number of hydrogen-bond acceptors (Lipinski definition) is 4. The molecule has 13 heavy (non-hydrogen) atoms. The highest BCUT2D eigenvalue weighted by molar-refractivity contribution is 7.97. The second-order valence-electron chi connectivity index (χ2n) is 3.62. The summed E-state index contributed by atoms with van der Waals surface area (Å²) in [5.41, 5.74) is 0. The summed E-state index contributed by atoms with van der Waals surface area (Å²) in [5, 5.41) is 4.24. The molecule has 1 atom stereocenters. The molecule has 2 fully saturated rings. The van der Waals surface area contributed by atoms with Gasteiger partial charge in [0.1, 0.15) is 0 Å². The summed E-state index contributed by atoms with van der Waals surface area (Å²) in [5.74, 6) is 0. The summed E-state index contributed by atoms with van der Waals surface area (Å²) in [6.07, 6.45) is 2.71. The first-order valence-corrected chi connectivity index (χ1v) is 5.99. The van der Waals surface area contributed by atoms with Crippen LogP contribution in [0.1, 0.15) is 12.8 Å². The smallest absolute Gasteiger partial charge is 0.0603 e. The molecule has 2 aliphatic rings. The van der Waals surface area contributed by atoms with Crippen molar-refractivity contribution in [1.29, 1.82) is 0 Å². The first-order valence-electron chi connectivity index (χ1n) is 5.15. The first kappa shape index (κ1) is 9.77. The van der Waals surface area contributed by atoms with Crippen LogP contribution in [0.2, 0.25) is 0 Å². The van der Waals surface area contributed by atoms with Gasteiger partial charge >= 0.3 is 0 Å². The van der Waals surface area contributed by atoms with E-state index in [0.29, 0.717) is 0 Å². The first-order chi connectivity index (χ1) is 6.45. The Kier molecular flexibility index (Phi) is 3.91. The molecule has 4 heteroatoms. The van der Waals surface area contributed by atoms with Gasteiger partial charge in [0.2, 0.25) is 0 Å². The fourth-order valence-electron chi connectivity index (χ4n) is 1.77. The SMILES string of the molecule is C1CNCC(SN2CCOCC2)C1. The highest BCUT2D eigenvalue weighted by Gasteiger charge is 2.19. The Balaban J connectivity index is 1.69. The molecule has 76 valence electrons. The van der Waals surface area contributed by atoms with Crippen molar-refractivity contribution in [2.24, 2.45) is 0 Å². The van der Waals surface area contributed by atoms with E-state index < -0.39 is 0 Å². The molecular weight excluding hydrogens is 184 g/mol. The molecule has 2 aliphatic heterocycles. The van der Waals surface area contributed by atoms with Crippen LogP contribution in [-0.2, 0) is 4.74 Å². The molecule has 0 aromatic heterocycles. The Morgan fingerprint density at radius 3 is 2.85 bits per heavy atom. The molecule has 0 saturated carbocycles. The summed E-state index contributed by atoms with van der Waals surface area (Å²) in [7, 11) is 0. The van der Waals surface area contributed by atoms with E-state index in [1.165, 1.54) is 25.9 Å².